The van der Waals surface area contributed by atoms with Gasteiger partial charge in [-0.05, 0) is 76.6 Å². The Labute approximate surface area is 171 Å². The zero-order valence-corrected chi connectivity index (χ0v) is 16.9. The summed E-state index contributed by atoms with van der Waals surface area (Å²) in [6.45, 7) is 5.78. The average Bonchev–Trinajstić information content (AvgIpc) is 3.00. The van der Waals surface area contributed by atoms with Gasteiger partial charge in [-0.3, -0.25) is 14.4 Å². The van der Waals surface area contributed by atoms with Crippen LogP contribution in [-0.2, 0) is 14.4 Å². The first-order chi connectivity index (χ1) is 14.0. The number of nitrogens with zero attached hydrogens (tertiary/aromatic N) is 2. The number of anilines is 1. The van der Waals surface area contributed by atoms with Crippen LogP contribution in [0.25, 0.3) is 0 Å². The Morgan fingerprint density at radius 3 is 2.52 bits per heavy atom. The van der Waals surface area contributed by atoms with Gasteiger partial charge in [0.25, 0.3) is 5.91 Å². The number of nitrogens with two attached hydrogens (primary N) is 1. The molecule has 1 aromatic rings. The van der Waals surface area contributed by atoms with E-state index in [-0.39, 0.29) is 30.1 Å². The van der Waals surface area contributed by atoms with Crippen LogP contribution in [-0.4, -0.2) is 61.4 Å². The Bertz CT molecular complexity index is 729. The number of hydrogen-bond donors (Lipinski definition) is 2. The van der Waals surface area contributed by atoms with E-state index in [4.69, 9.17) is 10.5 Å². The summed E-state index contributed by atoms with van der Waals surface area (Å²) in [4.78, 5) is 39.8. The number of piperidine rings is 1. The van der Waals surface area contributed by atoms with Crippen molar-refractivity contribution in [2.45, 2.75) is 38.6 Å². The van der Waals surface area contributed by atoms with Crippen LogP contribution in [0.2, 0.25) is 0 Å². The van der Waals surface area contributed by atoms with Gasteiger partial charge in [-0.1, -0.05) is 0 Å². The number of rotatable bonds is 9. The first-order valence-electron chi connectivity index (χ1n) is 10.3. The highest BCUT2D eigenvalue weighted by Gasteiger charge is 2.39. The SMILES string of the molecule is CCOc1ccc(N2C(=O)CC(NCCCN3CCC(C(N)=O)CC3)C2=O)cc1. The Morgan fingerprint density at radius 2 is 1.90 bits per heavy atom. The van der Waals surface area contributed by atoms with Gasteiger partial charge in [0.2, 0.25) is 11.8 Å². The fraction of sp³-hybridized carbons (Fsp3) is 0.571. The molecule has 2 aliphatic heterocycles. The summed E-state index contributed by atoms with van der Waals surface area (Å²) in [6.07, 6.45) is 2.68. The Kier molecular flexibility index (Phi) is 7.22. The van der Waals surface area contributed by atoms with Gasteiger partial charge in [0.15, 0.2) is 0 Å². The Hall–Kier alpha value is -2.45. The van der Waals surface area contributed by atoms with Crippen molar-refractivity contribution < 1.29 is 19.1 Å². The van der Waals surface area contributed by atoms with Crippen molar-refractivity contribution in [1.29, 1.82) is 0 Å². The molecule has 1 aromatic carbocycles. The van der Waals surface area contributed by atoms with Gasteiger partial charge in [-0.25, -0.2) is 4.90 Å². The first kappa shape index (κ1) is 21.3. The van der Waals surface area contributed by atoms with E-state index in [2.05, 4.69) is 10.2 Å². The maximum absolute atomic E-state index is 12.7. The predicted molar refractivity (Wildman–Crippen MR) is 109 cm³/mol. The van der Waals surface area contributed by atoms with Crippen molar-refractivity contribution in [3.8, 4) is 5.75 Å². The lowest BCUT2D eigenvalue weighted by Gasteiger charge is -2.30. The third-order valence-corrected chi connectivity index (χ3v) is 5.58. The number of nitrogens with one attached hydrogen (secondary N) is 1. The predicted octanol–water partition coefficient (Wildman–Crippen LogP) is 0.894. The molecule has 0 aliphatic carbocycles. The molecule has 1 unspecified atom stereocenters. The molecule has 0 radical (unpaired) electrons. The van der Waals surface area contributed by atoms with Crippen LogP contribution in [0, 0.1) is 5.92 Å². The van der Waals surface area contributed by atoms with Crippen LogP contribution < -0.4 is 20.7 Å². The van der Waals surface area contributed by atoms with Crippen LogP contribution in [0.3, 0.4) is 0 Å². The van der Waals surface area contributed by atoms with Gasteiger partial charge >= 0.3 is 0 Å². The van der Waals surface area contributed by atoms with Gasteiger partial charge in [-0.15, -0.1) is 0 Å². The molecule has 29 heavy (non-hydrogen) atoms. The van der Waals surface area contributed by atoms with E-state index in [1.807, 2.05) is 6.92 Å². The minimum Gasteiger partial charge on any atom is -0.494 e. The van der Waals surface area contributed by atoms with Gasteiger partial charge < -0.3 is 20.7 Å². The molecule has 0 aromatic heterocycles. The normalized spacial score (nSPS) is 21.0. The molecule has 158 valence electrons. The molecule has 8 nitrogen and oxygen atoms in total. The van der Waals surface area contributed by atoms with Crippen molar-refractivity contribution >= 4 is 23.4 Å². The van der Waals surface area contributed by atoms with E-state index < -0.39 is 6.04 Å². The highest BCUT2D eigenvalue weighted by atomic mass is 16.5. The standard InChI is InChI=1S/C21H30N4O4/c1-2-29-17-6-4-16(5-7-17)25-19(26)14-18(21(25)28)23-10-3-11-24-12-8-15(9-13-24)20(22)27/h4-7,15,18,23H,2-3,8-14H2,1H3,(H2,22,27). The Morgan fingerprint density at radius 1 is 1.21 bits per heavy atom. The first-order valence-corrected chi connectivity index (χ1v) is 10.3. The number of imide groups is 1. The van der Waals surface area contributed by atoms with E-state index in [1.54, 1.807) is 24.3 Å². The van der Waals surface area contributed by atoms with E-state index in [1.165, 1.54) is 4.90 Å². The van der Waals surface area contributed by atoms with Crippen LogP contribution >= 0.6 is 0 Å². The summed E-state index contributed by atoms with van der Waals surface area (Å²) in [7, 11) is 0. The summed E-state index contributed by atoms with van der Waals surface area (Å²) in [6, 6.07) is 6.52. The van der Waals surface area contributed by atoms with Crippen LogP contribution in [0.15, 0.2) is 24.3 Å². The summed E-state index contributed by atoms with van der Waals surface area (Å²) in [5.41, 5.74) is 5.94. The lowest BCUT2D eigenvalue weighted by molar-refractivity contribution is -0.123. The number of likely N-dealkylation sites (tertiary alicyclic amines) is 1. The van der Waals surface area contributed by atoms with Crippen LogP contribution in [0.4, 0.5) is 5.69 Å². The molecule has 0 bridgehead atoms. The third-order valence-electron chi connectivity index (χ3n) is 5.58. The highest BCUT2D eigenvalue weighted by Crippen LogP contribution is 2.25. The van der Waals surface area contributed by atoms with Crippen LogP contribution in [0.5, 0.6) is 5.75 Å². The average molecular weight is 402 g/mol. The zero-order valence-electron chi connectivity index (χ0n) is 16.9. The van der Waals surface area contributed by atoms with Gasteiger partial charge in [0.05, 0.1) is 24.8 Å². The number of primary amides is 1. The van der Waals surface area contributed by atoms with Crippen LogP contribution in [0.1, 0.15) is 32.6 Å². The molecule has 3 N–H and O–H groups in total. The number of amides is 3. The monoisotopic (exact) mass is 402 g/mol. The van der Waals surface area contributed by atoms with Gasteiger partial charge in [0.1, 0.15) is 5.75 Å². The summed E-state index contributed by atoms with van der Waals surface area (Å²) in [5.74, 6) is 0.115. The molecule has 3 rings (SSSR count). The largest absolute Gasteiger partial charge is 0.494 e. The molecule has 0 saturated carbocycles. The summed E-state index contributed by atoms with van der Waals surface area (Å²) >= 11 is 0. The summed E-state index contributed by atoms with van der Waals surface area (Å²) < 4.78 is 5.40. The quantitative estimate of drug-likeness (QED) is 0.470. The van der Waals surface area contributed by atoms with Crippen molar-refractivity contribution in [2.75, 3.05) is 37.7 Å². The molecule has 0 spiro atoms. The third kappa shape index (κ3) is 5.33. The van der Waals surface area contributed by atoms with E-state index >= 15 is 0 Å². The molecule has 2 saturated heterocycles. The molecule has 2 fully saturated rings. The molecule has 3 amide bonds. The molecular weight excluding hydrogens is 372 g/mol. The van der Waals surface area contributed by atoms with Gasteiger partial charge in [-0.2, -0.15) is 0 Å². The van der Waals surface area contributed by atoms with E-state index in [0.717, 1.165) is 38.9 Å². The van der Waals surface area contributed by atoms with Crippen molar-refractivity contribution in [3.63, 3.8) is 0 Å². The number of ether oxygens (including phenoxy) is 1. The lowest BCUT2D eigenvalue weighted by Crippen LogP contribution is -2.41. The van der Waals surface area contributed by atoms with E-state index in [0.29, 0.717) is 24.6 Å². The summed E-state index contributed by atoms with van der Waals surface area (Å²) in [5, 5.41) is 3.22. The smallest absolute Gasteiger partial charge is 0.251 e. The van der Waals surface area contributed by atoms with Crippen molar-refractivity contribution in [1.82, 2.24) is 10.2 Å². The minimum absolute atomic E-state index is 0.0000755. The molecule has 1 atom stereocenters. The highest BCUT2D eigenvalue weighted by molar-refractivity contribution is 6.22. The maximum atomic E-state index is 12.7. The molecule has 8 heteroatoms. The molecule has 2 aliphatic rings. The number of benzene rings is 1. The number of hydrogen-bond acceptors (Lipinski definition) is 6. The van der Waals surface area contributed by atoms with Gasteiger partial charge in [0, 0.05) is 5.92 Å². The number of carbonyl (C=O) groups excluding carboxylic acids is 3. The second-order valence-electron chi connectivity index (χ2n) is 7.58. The Balaban J connectivity index is 1.42. The van der Waals surface area contributed by atoms with Crippen molar-refractivity contribution in [3.05, 3.63) is 24.3 Å². The topological polar surface area (TPSA) is 105 Å². The lowest BCUT2D eigenvalue weighted by atomic mass is 9.96. The minimum atomic E-state index is -0.477. The number of carbonyl (C=O) groups is 3. The fourth-order valence-electron chi connectivity index (χ4n) is 3.94. The second kappa shape index (κ2) is 9.84. The molecule has 2 heterocycles. The van der Waals surface area contributed by atoms with Crippen molar-refractivity contribution in [2.24, 2.45) is 11.7 Å². The zero-order chi connectivity index (χ0) is 20.8. The second-order valence-corrected chi connectivity index (χ2v) is 7.58. The maximum Gasteiger partial charge on any atom is 0.251 e. The molecular formula is C21H30N4O4. The fourth-order valence-corrected chi connectivity index (χ4v) is 3.94. The van der Waals surface area contributed by atoms with E-state index in [9.17, 15) is 14.4 Å².